The third-order valence-corrected chi connectivity index (χ3v) is 5.08. The number of anilines is 1. The number of nitrogens with one attached hydrogen (secondary N) is 1. The van der Waals surface area contributed by atoms with Crippen molar-refractivity contribution in [1.82, 2.24) is 4.98 Å². The maximum Gasteiger partial charge on any atom is 0.494 e. The fourth-order valence-electron chi connectivity index (χ4n) is 2.30. The van der Waals surface area contributed by atoms with Crippen molar-refractivity contribution in [3.05, 3.63) is 40.8 Å². The molecule has 0 saturated carbocycles. The zero-order valence-corrected chi connectivity index (χ0v) is 14.6. The number of hydrogen-bond donors (Lipinski definition) is 2. The summed E-state index contributed by atoms with van der Waals surface area (Å²) in [5, 5.41) is 14.9. The lowest BCUT2D eigenvalue weighted by atomic mass is 9.79. The largest absolute Gasteiger partial charge is 0.494 e. The summed E-state index contributed by atoms with van der Waals surface area (Å²) < 4.78 is 12.1. The third-order valence-electron chi connectivity index (χ3n) is 4.47. The van der Waals surface area contributed by atoms with Crippen LogP contribution in [0.1, 0.15) is 39.6 Å². The van der Waals surface area contributed by atoms with E-state index in [-0.39, 0.29) is 18.3 Å². The highest BCUT2D eigenvalue weighted by molar-refractivity contribution is 7.07. The van der Waals surface area contributed by atoms with Gasteiger partial charge >= 0.3 is 7.12 Å². The first kappa shape index (κ1) is 16.5. The van der Waals surface area contributed by atoms with Crippen LogP contribution in [0, 0.1) is 0 Å². The summed E-state index contributed by atoms with van der Waals surface area (Å²) in [5.74, 6) is 0. The summed E-state index contributed by atoms with van der Waals surface area (Å²) in [6.07, 6.45) is -0.816. The van der Waals surface area contributed by atoms with Gasteiger partial charge in [-0.2, -0.15) is 0 Å². The Labute approximate surface area is 140 Å². The minimum absolute atomic E-state index is 0.352. The van der Waals surface area contributed by atoms with Crippen LogP contribution in [0.3, 0.4) is 0 Å². The molecule has 0 amide bonds. The standard InChI is InChI=1S/C16H21BN2O3S/c1-15(2)16(3,4)22-17(21-15)11-5-7-12(8-6-11)19-14(20)13-9-23-10-18-13/h5-10,14,19-20H,1-4H3. The first-order chi connectivity index (χ1) is 10.8. The van der Waals surface area contributed by atoms with Crippen LogP contribution in [0.15, 0.2) is 35.2 Å². The molecule has 2 heterocycles. The van der Waals surface area contributed by atoms with Gasteiger partial charge in [-0.15, -0.1) is 11.3 Å². The number of hydrogen-bond acceptors (Lipinski definition) is 6. The SMILES string of the molecule is CC1(C)OB(c2ccc(NC(O)c3cscn3)cc2)OC1(C)C. The first-order valence-corrected chi connectivity index (χ1v) is 8.51. The van der Waals surface area contributed by atoms with E-state index in [1.54, 1.807) is 5.51 Å². The minimum atomic E-state index is -0.816. The Hall–Kier alpha value is -1.41. The van der Waals surface area contributed by atoms with Gasteiger partial charge in [0.05, 0.1) is 16.7 Å². The van der Waals surface area contributed by atoms with Crippen LogP contribution in [0.4, 0.5) is 5.69 Å². The predicted octanol–water partition coefficient (Wildman–Crippen LogP) is 2.55. The van der Waals surface area contributed by atoms with Crippen molar-refractivity contribution in [3.8, 4) is 0 Å². The van der Waals surface area contributed by atoms with Gasteiger partial charge in [-0.05, 0) is 45.3 Å². The highest BCUT2D eigenvalue weighted by Gasteiger charge is 2.51. The van der Waals surface area contributed by atoms with Gasteiger partial charge in [0.2, 0.25) is 0 Å². The molecule has 23 heavy (non-hydrogen) atoms. The normalized spacial score (nSPS) is 20.5. The Morgan fingerprint density at radius 2 is 1.74 bits per heavy atom. The topological polar surface area (TPSA) is 63.6 Å². The molecule has 3 rings (SSSR count). The van der Waals surface area contributed by atoms with E-state index in [2.05, 4.69) is 10.3 Å². The highest BCUT2D eigenvalue weighted by atomic mass is 32.1. The molecule has 1 aliphatic rings. The lowest BCUT2D eigenvalue weighted by molar-refractivity contribution is 0.00578. The van der Waals surface area contributed by atoms with Crippen LogP contribution in [-0.4, -0.2) is 28.4 Å². The zero-order chi connectivity index (χ0) is 16.7. The van der Waals surface area contributed by atoms with Gasteiger partial charge in [0.15, 0.2) is 6.23 Å². The van der Waals surface area contributed by atoms with Crippen molar-refractivity contribution in [2.75, 3.05) is 5.32 Å². The van der Waals surface area contributed by atoms with Gasteiger partial charge in [0.1, 0.15) is 5.69 Å². The number of nitrogens with zero attached hydrogens (tertiary/aromatic N) is 1. The highest BCUT2D eigenvalue weighted by Crippen LogP contribution is 2.36. The van der Waals surface area contributed by atoms with Crippen molar-refractivity contribution in [2.24, 2.45) is 0 Å². The van der Waals surface area contributed by atoms with Crippen LogP contribution in [0.5, 0.6) is 0 Å². The van der Waals surface area contributed by atoms with Gasteiger partial charge in [-0.3, -0.25) is 0 Å². The van der Waals surface area contributed by atoms with Crippen LogP contribution in [0.25, 0.3) is 0 Å². The van der Waals surface area contributed by atoms with Crippen LogP contribution < -0.4 is 10.8 Å². The first-order valence-electron chi connectivity index (χ1n) is 7.57. The summed E-state index contributed by atoms with van der Waals surface area (Å²) in [4.78, 5) is 4.09. The summed E-state index contributed by atoms with van der Waals surface area (Å²) in [7, 11) is -0.377. The smallest absolute Gasteiger partial charge is 0.399 e. The molecule has 1 unspecified atom stereocenters. The van der Waals surface area contributed by atoms with Crippen molar-refractivity contribution in [3.63, 3.8) is 0 Å². The quantitative estimate of drug-likeness (QED) is 0.665. The Morgan fingerprint density at radius 3 is 2.26 bits per heavy atom. The molecule has 1 aliphatic heterocycles. The van der Waals surface area contributed by atoms with Gasteiger partial charge in [-0.1, -0.05) is 12.1 Å². The van der Waals surface area contributed by atoms with Gasteiger partial charge in [0.25, 0.3) is 0 Å². The number of rotatable bonds is 4. The van der Waals surface area contributed by atoms with Crippen LogP contribution in [0.2, 0.25) is 0 Å². The molecule has 0 radical (unpaired) electrons. The molecule has 2 N–H and O–H groups in total. The summed E-state index contributed by atoms with van der Waals surface area (Å²) in [6.45, 7) is 8.14. The molecule has 5 nitrogen and oxygen atoms in total. The second-order valence-electron chi connectivity index (χ2n) is 6.67. The molecule has 1 aromatic carbocycles. The Bertz CT molecular complexity index is 642. The van der Waals surface area contributed by atoms with Crippen LogP contribution >= 0.6 is 11.3 Å². The Kier molecular flexibility index (Phi) is 4.22. The van der Waals surface area contributed by atoms with E-state index < -0.39 is 6.23 Å². The number of aliphatic hydroxyl groups excluding tert-OH is 1. The number of benzene rings is 1. The molecule has 2 aromatic rings. The zero-order valence-electron chi connectivity index (χ0n) is 13.7. The molecule has 122 valence electrons. The average Bonchev–Trinajstić information content (AvgIpc) is 3.07. The lowest BCUT2D eigenvalue weighted by Crippen LogP contribution is -2.41. The molecule has 0 spiro atoms. The number of thiazole rings is 1. The molecule has 1 atom stereocenters. The van der Waals surface area contributed by atoms with E-state index in [9.17, 15) is 5.11 Å². The van der Waals surface area contributed by atoms with Gasteiger partial charge in [0, 0.05) is 11.1 Å². The van der Waals surface area contributed by atoms with Crippen molar-refractivity contribution in [1.29, 1.82) is 0 Å². The number of aliphatic hydroxyl groups is 1. The molecule has 1 aromatic heterocycles. The van der Waals surface area contributed by atoms with E-state index >= 15 is 0 Å². The molecular formula is C16H21BN2O3S. The maximum absolute atomic E-state index is 10.1. The van der Waals surface area contributed by atoms with E-state index in [1.807, 2.05) is 57.3 Å². The second-order valence-corrected chi connectivity index (χ2v) is 7.39. The van der Waals surface area contributed by atoms with Gasteiger partial charge in [-0.25, -0.2) is 4.98 Å². The average molecular weight is 332 g/mol. The molecule has 1 saturated heterocycles. The predicted molar refractivity (Wildman–Crippen MR) is 92.9 cm³/mol. The monoisotopic (exact) mass is 332 g/mol. The molecule has 1 fully saturated rings. The summed E-state index contributed by atoms with van der Waals surface area (Å²) >= 11 is 1.45. The van der Waals surface area contributed by atoms with Crippen molar-refractivity contribution >= 4 is 29.6 Å². The maximum atomic E-state index is 10.1. The van der Waals surface area contributed by atoms with E-state index in [4.69, 9.17) is 9.31 Å². The minimum Gasteiger partial charge on any atom is -0.399 e. The second kappa shape index (κ2) is 5.90. The van der Waals surface area contributed by atoms with E-state index in [0.717, 1.165) is 11.2 Å². The molecular weight excluding hydrogens is 311 g/mol. The van der Waals surface area contributed by atoms with Gasteiger partial charge < -0.3 is 19.7 Å². The summed E-state index contributed by atoms with van der Waals surface area (Å²) in [6, 6.07) is 7.68. The van der Waals surface area contributed by atoms with Crippen molar-refractivity contribution in [2.45, 2.75) is 45.1 Å². The third kappa shape index (κ3) is 3.28. The molecule has 7 heteroatoms. The Morgan fingerprint density at radius 1 is 1.13 bits per heavy atom. The number of aromatic nitrogens is 1. The summed E-state index contributed by atoms with van der Waals surface area (Å²) in [5.41, 5.74) is 3.38. The molecule has 0 aliphatic carbocycles. The lowest BCUT2D eigenvalue weighted by Gasteiger charge is -2.32. The Balaban J connectivity index is 1.68. The van der Waals surface area contributed by atoms with E-state index in [0.29, 0.717) is 5.69 Å². The van der Waals surface area contributed by atoms with Crippen molar-refractivity contribution < 1.29 is 14.4 Å². The van der Waals surface area contributed by atoms with E-state index in [1.165, 1.54) is 11.3 Å². The van der Waals surface area contributed by atoms with Crippen LogP contribution in [-0.2, 0) is 9.31 Å². The fraction of sp³-hybridized carbons (Fsp3) is 0.438. The fourth-order valence-corrected chi connectivity index (χ4v) is 2.88. The molecule has 0 bridgehead atoms.